The van der Waals surface area contributed by atoms with Gasteiger partial charge in [-0.15, -0.1) is 0 Å². The number of phenols is 1. The lowest BCUT2D eigenvalue weighted by Gasteiger charge is -2.21. The molecule has 0 aromatic heterocycles. The summed E-state index contributed by atoms with van der Waals surface area (Å²) in [5.41, 5.74) is 3.33. The summed E-state index contributed by atoms with van der Waals surface area (Å²) in [6, 6.07) is 21.6. The van der Waals surface area contributed by atoms with Crippen LogP contribution in [0.5, 0.6) is 11.5 Å². The average molecular weight is 418 g/mol. The number of amides is 1. The van der Waals surface area contributed by atoms with Crippen LogP contribution in [0.3, 0.4) is 0 Å². The second-order valence-electron chi connectivity index (χ2n) is 6.77. The van der Waals surface area contributed by atoms with Crippen LogP contribution < -0.4 is 9.64 Å². The molecule has 0 saturated heterocycles. The molecule has 4 rings (SSSR count). The van der Waals surface area contributed by atoms with Crippen molar-refractivity contribution in [3.05, 3.63) is 101 Å². The molecule has 30 heavy (non-hydrogen) atoms. The van der Waals surface area contributed by atoms with Gasteiger partial charge in [-0.3, -0.25) is 9.69 Å². The lowest BCUT2D eigenvalue weighted by atomic mass is 10.1. The smallest absolute Gasteiger partial charge is 0.263 e. The summed E-state index contributed by atoms with van der Waals surface area (Å²) in [6.45, 7) is 2.53. The molecule has 3 aromatic rings. The molecule has 0 fully saturated rings. The van der Waals surface area contributed by atoms with Gasteiger partial charge < -0.3 is 9.84 Å². The van der Waals surface area contributed by atoms with Gasteiger partial charge in [0.15, 0.2) is 0 Å². The van der Waals surface area contributed by atoms with Crippen molar-refractivity contribution in [3.63, 3.8) is 0 Å². The van der Waals surface area contributed by atoms with Crippen LogP contribution in [-0.4, -0.2) is 17.6 Å². The highest BCUT2D eigenvalue weighted by Gasteiger charge is 2.31. The minimum Gasteiger partial charge on any atom is -0.506 e. The number of para-hydroxylation sites is 2. The fourth-order valence-electron chi connectivity index (χ4n) is 3.35. The molecule has 0 radical (unpaired) electrons. The van der Waals surface area contributed by atoms with E-state index < -0.39 is 0 Å². The molecule has 0 spiro atoms. The molecule has 0 saturated carbocycles. The Labute approximate surface area is 180 Å². The van der Waals surface area contributed by atoms with Crippen LogP contribution in [0.15, 0.2) is 84.4 Å². The van der Waals surface area contributed by atoms with Gasteiger partial charge in [-0.25, -0.2) is 0 Å². The Bertz CT molecular complexity index is 1130. The van der Waals surface area contributed by atoms with Crippen molar-refractivity contribution >= 4 is 35.0 Å². The number of rotatable bonds is 5. The number of aromatic hydroxyl groups is 1. The minimum absolute atomic E-state index is 0.0352. The van der Waals surface area contributed by atoms with Gasteiger partial charge in [0, 0.05) is 10.6 Å². The van der Waals surface area contributed by atoms with Gasteiger partial charge in [0.25, 0.3) is 5.91 Å². The third kappa shape index (κ3) is 3.95. The number of nitrogens with zero attached hydrogens (tertiary/aromatic N) is 1. The van der Waals surface area contributed by atoms with Crippen LogP contribution in [0, 0.1) is 0 Å². The van der Waals surface area contributed by atoms with Crippen molar-refractivity contribution in [3.8, 4) is 11.5 Å². The molecular weight excluding hydrogens is 398 g/mol. The molecule has 0 bridgehead atoms. The van der Waals surface area contributed by atoms with Gasteiger partial charge >= 0.3 is 0 Å². The molecule has 0 unspecified atom stereocenters. The van der Waals surface area contributed by atoms with E-state index in [-0.39, 0.29) is 11.7 Å². The zero-order chi connectivity index (χ0) is 21.1. The number of halogens is 1. The van der Waals surface area contributed by atoms with Gasteiger partial charge in [-0.05, 0) is 66.6 Å². The van der Waals surface area contributed by atoms with E-state index in [1.165, 1.54) is 4.90 Å². The van der Waals surface area contributed by atoms with E-state index in [9.17, 15) is 9.90 Å². The monoisotopic (exact) mass is 417 g/mol. The fraction of sp³-hybridized carbons (Fsp3) is 0.0800. The van der Waals surface area contributed by atoms with E-state index in [0.29, 0.717) is 28.6 Å². The minimum atomic E-state index is -0.213. The van der Waals surface area contributed by atoms with Crippen LogP contribution in [0.25, 0.3) is 11.8 Å². The lowest BCUT2D eigenvalue weighted by molar-refractivity contribution is -0.113. The first-order valence-electron chi connectivity index (χ1n) is 9.61. The molecule has 150 valence electrons. The Hall–Kier alpha value is -3.50. The maximum atomic E-state index is 13.3. The topological polar surface area (TPSA) is 49.8 Å². The normalized spacial score (nSPS) is 14.9. The molecule has 1 aliphatic rings. The van der Waals surface area contributed by atoms with E-state index in [4.69, 9.17) is 16.3 Å². The number of carbonyl (C=O) groups is 1. The molecule has 1 amide bonds. The SMILES string of the molecule is CCOc1ccc(/C=C2\C=C(c3ccc(Cl)cc3)N(c3ccccc3O)C2=O)cc1. The summed E-state index contributed by atoms with van der Waals surface area (Å²) < 4.78 is 5.48. The van der Waals surface area contributed by atoms with Gasteiger partial charge in [0.2, 0.25) is 0 Å². The first-order valence-corrected chi connectivity index (χ1v) is 9.99. The summed E-state index contributed by atoms with van der Waals surface area (Å²) >= 11 is 6.04. The van der Waals surface area contributed by atoms with Crippen molar-refractivity contribution in [2.24, 2.45) is 0 Å². The van der Waals surface area contributed by atoms with Gasteiger partial charge in [0.05, 0.1) is 18.0 Å². The highest BCUT2D eigenvalue weighted by molar-refractivity contribution is 6.30. The molecule has 3 aromatic carbocycles. The van der Waals surface area contributed by atoms with Gasteiger partial charge in [-0.2, -0.15) is 0 Å². The Morgan fingerprint density at radius 2 is 1.70 bits per heavy atom. The largest absolute Gasteiger partial charge is 0.506 e. The van der Waals surface area contributed by atoms with Crippen molar-refractivity contribution < 1.29 is 14.6 Å². The second-order valence-corrected chi connectivity index (χ2v) is 7.20. The van der Waals surface area contributed by atoms with Crippen LogP contribution in [0.4, 0.5) is 5.69 Å². The number of anilines is 1. The third-order valence-electron chi connectivity index (χ3n) is 4.76. The zero-order valence-corrected chi connectivity index (χ0v) is 17.1. The first-order chi connectivity index (χ1) is 14.6. The number of ether oxygens (including phenoxy) is 1. The Morgan fingerprint density at radius 1 is 1.00 bits per heavy atom. The third-order valence-corrected chi connectivity index (χ3v) is 5.01. The predicted molar refractivity (Wildman–Crippen MR) is 121 cm³/mol. The van der Waals surface area contributed by atoms with E-state index in [1.54, 1.807) is 36.4 Å². The first kappa shape index (κ1) is 19.8. The van der Waals surface area contributed by atoms with Crippen LogP contribution in [-0.2, 0) is 4.79 Å². The summed E-state index contributed by atoms with van der Waals surface area (Å²) in [6.07, 6.45) is 3.66. The Balaban J connectivity index is 1.77. The number of carbonyl (C=O) groups excluding carboxylic acids is 1. The molecule has 1 N–H and O–H groups in total. The predicted octanol–water partition coefficient (Wildman–Crippen LogP) is 5.92. The maximum absolute atomic E-state index is 13.3. The number of hydrogen-bond donors (Lipinski definition) is 1. The van der Waals surface area contributed by atoms with Crippen molar-refractivity contribution in [1.82, 2.24) is 0 Å². The highest BCUT2D eigenvalue weighted by Crippen LogP contribution is 2.39. The average Bonchev–Trinajstić information content (AvgIpc) is 3.06. The summed E-state index contributed by atoms with van der Waals surface area (Å²) in [4.78, 5) is 14.9. The molecular formula is C25H20ClNO3. The summed E-state index contributed by atoms with van der Waals surface area (Å²) in [5.74, 6) is 0.606. The molecule has 0 atom stereocenters. The number of benzene rings is 3. The maximum Gasteiger partial charge on any atom is 0.263 e. The summed E-state index contributed by atoms with van der Waals surface area (Å²) in [5, 5.41) is 11.0. The van der Waals surface area contributed by atoms with Crippen molar-refractivity contribution in [2.75, 3.05) is 11.5 Å². The fourth-order valence-corrected chi connectivity index (χ4v) is 3.47. The number of hydrogen-bond acceptors (Lipinski definition) is 3. The van der Waals surface area contributed by atoms with E-state index in [0.717, 1.165) is 16.9 Å². The zero-order valence-electron chi connectivity index (χ0n) is 16.4. The van der Waals surface area contributed by atoms with E-state index >= 15 is 0 Å². The molecule has 0 aliphatic carbocycles. The highest BCUT2D eigenvalue weighted by atomic mass is 35.5. The lowest BCUT2D eigenvalue weighted by Crippen LogP contribution is -2.25. The Morgan fingerprint density at radius 3 is 2.37 bits per heavy atom. The van der Waals surface area contributed by atoms with Crippen LogP contribution in [0.1, 0.15) is 18.1 Å². The molecule has 4 nitrogen and oxygen atoms in total. The van der Waals surface area contributed by atoms with Crippen LogP contribution >= 0.6 is 11.6 Å². The van der Waals surface area contributed by atoms with Crippen molar-refractivity contribution in [2.45, 2.75) is 6.92 Å². The van der Waals surface area contributed by atoms with Gasteiger partial charge in [0.1, 0.15) is 11.5 Å². The number of phenolic OH excluding ortho intramolecular Hbond substituents is 1. The van der Waals surface area contributed by atoms with Crippen LogP contribution in [0.2, 0.25) is 5.02 Å². The summed E-state index contributed by atoms with van der Waals surface area (Å²) in [7, 11) is 0. The van der Waals surface area contributed by atoms with E-state index in [1.807, 2.05) is 55.5 Å². The Kier molecular flexibility index (Phi) is 5.59. The van der Waals surface area contributed by atoms with Crippen molar-refractivity contribution in [1.29, 1.82) is 0 Å². The van der Waals surface area contributed by atoms with Gasteiger partial charge in [-0.1, -0.05) is 48.0 Å². The molecule has 1 aliphatic heterocycles. The standard InChI is InChI=1S/C25H20ClNO3/c1-2-30-21-13-7-17(8-14-21)15-19-16-23(18-9-11-20(26)12-10-18)27(25(19)29)22-5-3-4-6-24(22)28/h3-16,28H,2H2,1H3/b19-15+. The second kappa shape index (κ2) is 8.47. The quantitative estimate of drug-likeness (QED) is 0.524. The molecule has 5 heteroatoms. The van der Waals surface area contributed by atoms with E-state index in [2.05, 4.69) is 0 Å². The molecule has 1 heterocycles.